The number of nitrogens with one attached hydrogen (secondary N) is 1. The van der Waals surface area contributed by atoms with Gasteiger partial charge < -0.3 is 9.84 Å². The normalized spacial score (nSPS) is 9.60. The minimum Gasteiger partial charge on any atom is -0.465 e. The van der Waals surface area contributed by atoms with Crippen molar-refractivity contribution in [2.75, 3.05) is 7.11 Å². The molecule has 6 rings (SSSR count). The average Bonchev–Trinajstić information content (AvgIpc) is 3.48. The van der Waals surface area contributed by atoms with E-state index in [9.17, 15) is 9.59 Å². The van der Waals surface area contributed by atoms with E-state index in [1.807, 2.05) is 134 Å². The summed E-state index contributed by atoms with van der Waals surface area (Å²) in [4.78, 5) is 22.9. The molecule has 0 fully saturated rings. The van der Waals surface area contributed by atoms with E-state index in [2.05, 4.69) is 33.9 Å². The van der Waals surface area contributed by atoms with E-state index in [-0.39, 0.29) is 18.1 Å². The summed E-state index contributed by atoms with van der Waals surface area (Å²) in [6.45, 7) is 16.1. The predicted octanol–water partition coefficient (Wildman–Crippen LogP) is 10.1. The molecule has 5 aromatic carbocycles. The van der Waals surface area contributed by atoms with E-state index in [1.165, 1.54) is 40.9 Å². The Balaban J connectivity index is 0.000000230. The fourth-order valence-electron chi connectivity index (χ4n) is 4.91. The fourth-order valence-corrected chi connectivity index (χ4v) is 6.07. The van der Waals surface area contributed by atoms with Crippen molar-refractivity contribution in [3.05, 3.63) is 168 Å². The number of aromatic nitrogens is 1. The maximum absolute atomic E-state index is 11.1. The highest BCUT2D eigenvalue weighted by Gasteiger charge is 2.07. The van der Waals surface area contributed by atoms with Gasteiger partial charge in [0.15, 0.2) is 0 Å². The summed E-state index contributed by atoms with van der Waals surface area (Å²) in [5.41, 5.74) is 12.2. The Hall–Kier alpha value is -5.45. The topological polar surface area (TPSA) is 127 Å². The van der Waals surface area contributed by atoms with Gasteiger partial charge in [-0.3, -0.25) is 9.17 Å². The van der Waals surface area contributed by atoms with Crippen LogP contribution in [0.5, 0.6) is 0 Å². The Morgan fingerprint density at radius 2 is 1.19 bits per heavy atom. The number of hydrogen-bond donors (Lipinski definition) is 3. The van der Waals surface area contributed by atoms with Crippen LogP contribution < -0.4 is 5.56 Å². The van der Waals surface area contributed by atoms with E-state index >= 15 is 0 Å². The van der Waals surface area contributed by atoms with Crippen LogP contribution in [0.4, 0.5) is 0 Å². The Morgan fingerprint density at radius 1 is 0.698 bits per heavy atom. The van der Waals surface area contributed by atoms with Gasteiger partial charge in [-0.15, -0.1) is 12.6 Å². The van der Waals surface area contributed by atoms with Crippen molar-refractivity contribution in [1.29, 1.82) is 10.5 Å². The second kappa shape index (κ2) is 21.8. The van der Waals surface area contributed by atoms with Crippen LogP contribution in [-0.4, -0.2) is 22.6 Å². The maximum Gasteiger partial charge on any atom is 0.338 e. The quantitative estimate of drug-likeness (QED) is 0.120. The van der Waals surface area contributed by atoms with Gasteiger partial charge in [-0.2, -0.15) is 10.5 Å². The van der Waals surface area contributed by atoms with E-state index in [0.717, 1.165) is 48.4 Å². The summed E-state index contributed by atoms with van der Waals surface area (Å²) >= 11 is 5.52. The summed E-state index contributed by atoms with van der Waals surface area (Å²) in [7, 11) is 1.39. The molecule has 0 bridgehead atoms. The summed E-state index contributed by atoms with van der Waals surface area (Å²) in [6.07, 6.45) is 0. The number of methoxy groups -OCH3 is 1. The summed E-state index contributed by atoms with van der Waals surface area (Å²) in [5, 5.41) is 26.7. The standard InChI is InChI=1S/C10H12O2.C9H9N.C9H12O.C8H7NOS.C8H7NS/c1-7-4-5-9(8(2)6-7)10(11)12-3;2*1-7-3-4-9(6-10)8(2)5-7;1-5-2-3-6-7(4-5)11-9-8(6)10;1-6-2-3-7(5-9)8(10)4-6/h4-6H,1-3H3;3-5H,1-2H3;3-5,10H,6H2,1-2H3;2-4H,1H3,(H,9,10);2-4,10H,1H3. The predicted molar refractivity (Wildman–Crippen MR) is 220 cm³/mol. The van der Waals surface area contributed by atoms with Gasteiger partial charge in [0.25, 0.3) is 5.56 Å². The Labute approximate surface area is 322 Å². The zero-order chi connectivity index (χ0) is 39.7. The summed E-state index contributed by atoms with van der Waals surface area (Å²) < 4.78 is 8.34. The van der Waals surface area contributed by atoms with Gasteiger partial charge in [0, 0.05) is 4.90 Å². The zero-order valence-corrected chi connectivity index (χ0v) is 33.5. The van der Waals surface area contributed by atoms with Crippen LogP contribution in [0.1, 0.15) is 71.6 Å². The molecule has 2 N–H and O–H groups in total. The molecule has 7 nitrogen and oxygen atoms in total. The van der Waals surface area contributed by atoms with Gasteiger partial charge >= 0.3 is 5.97 Å². The van der Waals surface area contributed by atoms with Crippen LogP contribution in [0.15, 0.2) is 101 Å². The van der Waals surface area contributed by atoms with E-state index < -0.39 is 0 Å². The third-order valence-electron chi connectivity index (χ3n) is 7.87. The number of hydrogen-bond acceptors (Lipinski definition) is 8. The number of benzene rings is 5. The highest BCUT2D eigenvalue weighted by molar-refractivity contribution is 7.80. The number of fused-ring (bicyclic) bond motifs is 1. The highest BCUT2D eigenvalue weighted by Crippen LogP contribution is 2.16. The lowest BCUT2D eigenvalue weighted by Gasteiger charge is -2.03. The SMILES string of the molecule is COC(=O)c1ccc(C)cc1C.Cc1ccc(C#N)c(C)c1.Cc1ccc(C#N)c(S)c1.Cc1ccc(CO)c(C)c1.Cc1ccc2c(=O)[nH]sc2c1. The third-order valence-corrected chi connectivity index (χ3v) is 9.08. The molecule has 0 aliphatic heterocycles. The number of nitrogens with zero attached hydrogens (tertiary/aromatic N) is 2. The van der Waals surface area contributed by atoms with Gasteiger partial charge in [0.2, 0.25) is 0 Å². The first kappa shape index (κ1) is 43.7. The molecule has 6 aromatic rings. The minimum absolute atomic E-state index is 0.0185. The highest BCUT2D eigenvalue weighted by atomic mass is 32.1. The monoisotopic (exact) mass is 745 g/mol. The maximum atomic E-state index is 11.1. The zero-order valence-electron chi connectivity index (χ0n) is 31.8. The van der Waals surface area contributed by atoms with Gasteiger partial charge in [0.05, 0.1) is 46.6 Å². The van der Waals surface area contributed by atoms with Crippen LogP contribution in [0.2, 0.25) is 0 Å². The van der Waals surface area contributed by atoms with Crippen molar-refractivity contribution in [2.24, 2.45) is 0 Å². The summed E-state index contributed by atoms with van der Waals surface area (Å²) in [5.74, 6) is -0.271. The first-order valence-electron chi connectivity index (χ1n) is 16.7. The number of aliphatic hydroxyl groups excluding tert-OH is 1. The van der Waals surface area contributed by atoms with Gasteiger partial charge in [-0.05, 0) is 125 Å². The number of carbonyl (C=O) groups is 1. The number of aromatic amines is 1. The molecule has 1 aromatic heterocycles. The molecular formula is C44H47N3O4S2. The number of ether oxygens (including phenoxy) is 1. The lowest BCUT2D eigenvalue weighted by Crippen LogP contribution is -2.03. The number of aliphatic hydroxyl groups is 1. The first-order valence-corrected chi connectivity index (χ1v) is 18.0. The average molecular weight is 746 g/mol. The molecule has 9 heteroatoms. The van der Waals surface area contributed by atoms with Crippen LogP contribution in [-0.2, 0) is 11.3 Å². The smallest absolute Gasteiger partial charge is 0.338 e. The van der Waals surface area contributed by atoms with Gasteiger partial charge in [-0.1, -0.05) is 82.8 Å². The molecule has 0 radical (unpaired) electrons. The number of rotatable bonds is 2. The van der Waals surface area contributed by atoms with Gasteiger partial charge in [-0.25, -0.2) is 4.79 Å². The number of nitriles is 2. The van der Waals surface area contributed by atoms with Crippen molar-refractivity contribution in [2.45, 2.75) is 66.9 Å². The van der Waals surface area contributed by atoms with Crippen LogP contribution in [0.3, 0.4) is 0 Å². The molecular weight excluding hydrogens is 699 g/mol. The largest absolute Gasteiger partial charge is 0.465 e. The second-order valence-electron chi connectivity index (χ2n) is 12.5. The van der Waals surface area contributed by atoms with Crippen molar-refractivity contribution >= 4 is 40.2 Å². The van der Waals surface area contributed by atoms with Crippen molar-refractivity contribution in [3.8, 4) is 12.1 Å². The fraction of sp³-hybridized carbons (Fsp3) is 0.227. The molecule has 53 heavy (non-hydrogen) atoms. The Bertz CT molecular complexity index is 2230. The molecule has 0 atom stereocenters. The second-order valence-corrected chi connectivity index (χ2v) is 13.8. The Morgan fingerprint density at radius 3 is 1.70 bits per heavy atom. The number of carbonyl (C=O) groups excluding carboxylic acids is 1. The minimum atomic E-state index is -0.271. The molecule has 0 saturated carbocycles. The molecule has 0 saturated heterocycles. The lowest BCUT2D eigenvalue weighted by molar-refractivity contribution is 0.0600. The third kappa shape index (κ3) is 14.2. The van der Waals surface area contributed by atoms with E-state index in [0.29, 0.717) is 11.1 Å². The molecule has 0 aliphatic rings. The summed E-state index contributed by atoms with van der Waals surface area (Å²) in [6, 6.07) is 33.1. The van der Waals surface area contributed by atoms with Crippen molar-refractivity contribution in [3.63, 3.8) is 0 Å². The molecule has 274 valence electrons. The van der Waals surface area contributed by atoms with Crippen LogP contribution in [0, 0.1) is 78.1 Å². The van der Waals surface area contributed by atoms with Crippen molar-refractivity contribution < 1.29 is 14.6 Å². The van der Waals surface area contributed by atoms with Crippen LogP contribution in [0.25, 0.3) is 10.1 Å². The lowest BCUT2D eigenvalue weighted by atomic mass is 10.1. The molecule has 0 unspecified atom stereocenters. The van der Waals surface area contributed by atoms with Gasteiger partial charge in [0.1, 0.15) is 6.07 Å². The number of aryl methyl sites for hydroxylation is 8. The van der Waals surface area contributed by atoms with Crippen molar-refractivity contribution in [1.82, 2.24) is 4.37 Å². The number of thiol groups is 1. The van der Waals surface area contributed by atoms with E-state index in [4.69, 9.17) is 15.6 Å². The molecule has 0 amide bonds. The molecule has 0 aliphatic carbocycles. The first-order chi connectivity index (χ1) is 25.1. The molecule has 0 spiro atoms. The number of esters is 1. The molecule has 1 heterocycles. The Kier molecular flexibility index (Phi) is 18.0. The van der Waals surface area contributed by atoms with E-state index in [1.54, 1.807) is 12.1 Å². The van der Waals surface area contributed by atoms with Crippen LogP contribution >= 0.6 is 24.2 Å². The number of H-pyrrole nitrogens is 1.